The Kier molecular flexibility index (Phi) is 3.32. The number of pyridine rings is 1. The molecule has 0 aliphatic heterocycles. The number of benzene rings is 1. The fourth-order valence-electron chi connectivity index (χ4n) is 1.73. The Balaban J connectivity index is 2.12. The lowest BCUT2D eigenvalue weighted by atomic mass is 10.0. The molecule has 1 aromatic heterocycles. The van der Waals surface area contributed by atoms with Crippen molar-refractivity contribution < 1.29 is 0 Å². The molecule has 0 aliphatic carbocycles. The van der Waals surface area contributed by atoms with E-state index in [1.807, 2.05) is 36.5 Å². The third kappa shape index (κ3) is 2.67. The summed E-state index contributed by atoms with van der Waals surface area (Å²) in [5.41, 5.74) is 9.55. The first-order chi connectivity index (χ1) is 7.75. The molecule has 1 aromatic carbocycles. The van der Waals surface area contributed by atoms with Crippen LogP contribution >= 0.6 is 0 Å². The molecule has 2 aromatic rings. The molecule has 1 unspecified atom stereocenters. The molecule has 0 saturated heterocycles. The molecule has 16 heavy (non-hydrogen) atoms. The molecule has 2 nitrogen and oxygen atoms in total. The molecule has 0 radical (unpaired) electrons. The van der Waals surface area contributed by atoms with Crippen LogP contribution in [0.3, 0.4) is 0 Å². The Labute approximate surface area is 96.1 Å². The third-order valence-electron chi connectivity index (χ3n) is 2.61. The van der Waals surface area contributed by atoms with Crippen LogP contribution in [0.2, 0.25) is 0 Å². The van der Waals surface area contributed by atoms with Crippen molar-refractivity contribution in [2.24, 2.45) is 5.73 Å². The first-order valence-corrected chi connectivity index (χ1v) is 5.48. The van der Waals surface area contributed by atoms with Crippen LogP contribution in [0.5, 0.6) is 0 Å². The van der Waals surface area contributed by atoms with Crippen molar-refractivity contribution in [3.63, 3.8) is 0 Å². The van der Waals surface area contributed by atoms with Gasteiger partial charge in [0.2, 0.25) is 0 Å². The quantitative estimate of drug-likeness (QED) is 0.849. The molecule has 0 amide bonds. The molecule has 82 valence electrons. The predicted molar refractivity (Wildman–Crippen MR) is 66.0 cm³/mol. The number of hydrogen-bond acceptors (Lipinski definition) is 2. The highest BCUT2D eigenvalue weighted by molar-refractivity contribution is 5.21. The van der Waals surface area contributed by atoms with Gasteiger partial charge in [-0.3, -0.25) is 4.98 Å². The van der Waals surface area contributed by atoms with Crippen LogP contribution in [-0.2, 0) is 6.42 Å². The number of nitrogens with zero attached hydrogens (tertiary/aromatic N) is 1. The summed E-state index contributed by atoms with van der Waals surface area (Å²) in [7, 11) is 0. The van der Waals surface area contributed by atoms with Crippen molar-refractivity contribution in [1.82, 2.24) is 4.98 Å². The fourth-order valence-corrected chi connectivity index (χ4v) is 1.73. The van der Waals surface area contributed by atoms with E-state index in [9.17, 15) is 0 Å². The molecule has 2 heteroatoms. The average Bonchev–Trinajstić information content (AvgIpc) is 2.30. The number of hydrogen-bond donors (Lipinski definition) is 1. The van der Waals surface area contributed by atoms with E-state index in [4.69, 9.17) is 5.73 Å². The maximum Gasteiger partial charge on any atom is 0.0577 e. The zero-order valence-electron chi connectivity index (χ0n) is 9.43. The predicted octanol–water partition coefficient (Wildman–Crippen LogP) is 2.63. The van der Waals surface area contributed by atoms with Gasteiger partial charge in [-0.05, 0) is 36.6 Å². The van der Waals surface area contributed by atoms with Gasteiger partial charge in [0.05, 0.1) is 11.7 Å². The Morgan fingerprint density at radius 1 is 1.19 bits per heavy atom. The summed E-state index contributed by atoms with van der Waals surface area (Å²) in [4.78, 5) is 4.31. The molecule has 0 aliphatic rings. The molecule has 1 atom stereocenters. The lowest BCUT2D eigenvalue weighted by Gasteiger charge is -2.11. The van der Waals surface area contributed by atoms with Crippen molar-refractivity contribution in [2.75, 3.05) is 0 Å². The van der Waals surface area contributed by atoms with Gasteiger partial charge in [0, 0.05) is 6.20 Å². The van der Waals surface area contributed by atoms with Crippen molar-refractivity contribution in [1.29, 1.82) is 0 Å². The van der Waals surface area contributed by atoms with Gasteiger partial charge < -0.3 is 5.73 Å². The van der Waals surface area contributed by atoms with E-state index in [0.29, 0.717) is 0 Å². The molecule has 0 bridgehead atoms. The van der Waals surface area contributed by atoms with Gasteiger partial charge in [-0.2, -0.15) is 0 Å². The Morgan fingerprint density at radius 3 is 2.62 bits per heavy atom. The maximum absolute atomic E-state index is 6.13. The topological polar surface area (TPSA) is 38.9 Å². The van der Waals surface area contributed by atoms with Crippen LogP contribution in [0, 0.1) is 6.92 Å². The van der Waals surface area contributed by atoms with Crippen molar-refractivity contribution in [2.45, 2.75) is 19.4 Å². The Bertz CT molecular complexity index is 451. The molecule has 2 N–H and O–H groups in total. The van der Waals surface area contributed by atoms with E-state index < -0.39 is 0 Å². The number of aromatic nitrogens is 1. The minimum Gasteiger partial charge on any atom is -0.322 e. The Morgan fingerprint density at radius 2 is 1.94 bits per heavy atom. The summed E-state index contributed by atoms with van der Waals surface area (Å²) in [5, 5.41) is 0. The number of nitrogens with two attached hydrogens (primary N) is 1. The van der Waals surface area contributed by atoms with Crippen molar-refractivity contribution in [3.8, 4) is 0 Å². The summed E-state index contributed by atoms with van der Waals surface area (Å²) < 4.78 is 0. The van der Waals surface area contributed by atoms with Gasteiger partial charge in [-0.15, -0.1) is 0 Å². The molecule has 0 saturated carbocycles. The van der Waals surface area contributed by atoms with Crippen LogP contribution in [-0.4, -0.2) is 4.98 Å². The Hall–Kier alpha value is -1.67. The summed E-state index contributed by atoms with van der Waals surface area (Å²) in [5.74, 6) is 0. The van der Waals surface area contributed by atoms with E-state index in [2.05, 4.69) is 24.0 Å². The van der Waals surface area contributed by atoms with E-state index in [1.165, 1.54) is 11.1 Å². The smallest absolute Gasteiger partial charge is 0.0577 e. The largest absolute Gasteiger partial charge is 0.322 e. The first kappa shape index (κ1) is 10.8. The second kappa shape index (κ2) is 4.90. The molecular formula is C14H16N2. The normalized spacial score (nSPS) is 12.4. The SMILES string of the molecule is Cc1ccnc(C(N)Cc2ccccc2)c1. The van der Waals surface area contributed by atoms with Gasteiger partial charge in [0.1, 0.15) is 0 Å². The minimum absolute atomic E-state index is 0.0256. The minimum atomic E-state index is -0.0256. The highest BCUT2D eigenvalue weighted by Crippen LogP contribution is 2.14. The van der Waals surface area contributed by atoms with Crippen LogP contribution < -0.4 is 5.73 Å². The fraction of sp³-hybridized carbons (Fsp3) is 0.214. The molecule has 0 spiro atoms. The standard InChI is InChI=1S/C14H16N2/c1-11-7-8-16-14(9-11)13(15)10-12-5-3-2-4-6-12/h2-9,13H,10,15H2,1H3. The summed E-state index contributed by atoms with van der Waals surface area (Å²) in [6, 6.07) is 14.3. The van der Waals surface area contributed by atoms with Crippen LogP contribution in [0.4, 0.5) is 0 Å². The van der Waals surface area contributed by atoms with Gasteiger partial charge in [-0.25, -0.2) is 0 Å². The molecule has 0 fully saturated rings. The lowest BCUT2D eigenvalue weighted by Crippen LogP contribution is -2.14. The van der Waals surface area contributed by atoms with E-state index in [1.54, 1.807) is 0 Å². The second-order valence-electron chi connectivity index (χ2n) is 4.05. The summed E-state index contributed by atoms with van der Waals surface area (Å²) >= 11 is 0. The van der Waals surface area contributed by atoms with E-state index in [-0.39, 0.29) is 6.04 Å². The van der Waals surface area contributed by atoms with Crippen molar-refractivity contribution >= 4 is 0 Å². The van der Waals surface area contributed by atoms with E-state index in [0.717, 1.165) is 12.1 Å². The highest BCUT2D eigenvalue weighted by atomic mass is 14.8. The van der Waals surface area contributed by atoms with Crippen molar-refractivity contribution in [3.05, 3.63) is 65.5 Å². The summed E-state index contributed by atoms with van der Waals surface area (Å²) in [6.07, 6.45) is 2.65. The summed E-state index contributed by atoms with van der Waals surface area (Å²) in [6.45, 7) is 2.06. The molecular weight excluding hydrogens is 196 g/mol. The van der Waals surface area contributed by atoms with Gasteiger partial charge in [0.15, 0.2) is 0 Å². The lowest BCUT2D eigenvalue weighted by molar-refractivity contribution is 0.695. The van der Waals surface area contributed by atoms with Crippen LogP contribution in [0.1, 0.15) is 22.9 Å². The van der Waals surface area contributed by atoms with Gasteiger partial charge in [-0.1, -0.05) is 30.3 Å². The first-order valence-electron chi connectivity index (χ1n) is 5.48. The average molecular weight is 212 g/mol. The van der Waals surface area contributed by atoms with Gasteiger partial charge in [0.25, 0.3) is 0 Å². The highest BCUT2D eigenvalue weighted by Gasteiger charge is 2.07. The molecule has 2 rings (SSSR count). The zero-order chi connectivity index (χ0) is 11.4. The van der Waals surface area contributed by atoms with E-state index >= 15 is 0 Å². The van der Waals surface area contributed by atoms with Crippen LogP contribution in [0.15, 0.2) is 48.7 Å². The zero-order valence-corrected chi connectivity index (χ0v) is 9.43. The third-order valence-corrected chi connectivity index (χ3v) is 2.61. The second-order valence-corrected chi connectivity index (χ2v) is 4.05. The van der Waals surface area contributed by atoms with Gasteiger partial charge >= 0.3 is 0 Å². The maximum atomic E-state index is 6.13. The van der Waals surface area contributed by atoms with Crippen LogP contribution in [0.25, 0.3) is 0 Å². The molecule has 1 heterocycles. The number of rotatable bonds is 3. The monoisotopic (exact) mass is 212 g/mol. The number of aryl methyl sites for hydroxylation is 1.